The third-order valence-electron chi connectivity index (χ3n) is 5.08. The molecule has 3 fully saturated rings. The van der Waals surface area contributed by atoms with Crippen LogP contribution >= 0.6 is 0 Å². The fourth-order valence-electron chi connectivity index (χ4n) is 4.43. The third kappa shape index (κ3) is 0.745. The number of hydrogen-bond acceptors (Lipinski definition) is 2. The zero-order chi connectivity index (χ0) is 9.92. The van der Waals surface area contributed by atoms with Gasteiger partial charge in [0.1, 0.15) is 11.6 Å². The molecule has 0 bridgehead atoms. The summed E-state index contributed by atoms with van der Waals surface area (Å²) in [6.45, 7) is 2.05. The Bertz CT molecular complexity index is 318. The van der Waals surface area contributed by atoms with E-state index in [4.69, 9.17) is 0 Å². The standard InChI is InChI=1S/C12H16O2/c1-7-10(13)5-8-6-11(14)9-3-2-4-12(7,8)9/h7-9H,2-6H2,1H3/t7-,8+,9+,12+/m1/s1. The molecule has 0 aromatic heterocycles. The lowest BCUT2D eigenvalue weighted by Crippen LogP contribution is -2.32. The average Bonchev–Trinajstić information content (AvgIpc) is 2.73. The van der Waals surface area contributed by atoms with Gasteiger partial charge in [-0.15, -0.1) is 0 Å². The Balaban J connectivity index is 2.09. The Labute approximate surface area is 84.1 Å². The largest absolute Gasteiger partial charge is 0.299 e. The van der Waals surface area contributed by atoms with E-state index in [2.05, 4.69) is 6.92 Å². The van der Waals surface area contributed by atoms with E-state index in [0.29, 0.717) is 30.3 Å². The quantitative estimate of drug-likeness (QED) is 0.588. The Morgan fingerprint density at radius 3 is 2.71 bits per heavy atom. The van der Waals surface area contributed by atoms with Gasteiger partial charge in [-0.1, -0.05) is 13.3 Å². The molecular weight excluding hydrogens is 176 g/mol. The van der Waals surface area contributed by atoms with E-state index in [0.717, 1.165) is 19.3 Å². The van der Waals surface area contributed by atoms with Crippen LogP contribution in [0, 0.1) is 23.2 Å². The van der Waals surface area contributed by atoms with E-state index in [-0.39, 0.29) is 17.3 Å². The maximum Gasteiger partial charge on any atom is 0.136 e. The van der Waals surface area contributed by atoms with E-state index >= 15 is 0 Å². The van der Waals surface area contributed by atoms with Gasteiger partial charge in [0.05, 0.1) is 0 Å². The Hall–Kier alpha value is -0.660. The molecule has 1 spiro atoms. The Morgan fingerprint density at radius 1 is 1.21 bits per heavy atom. The lowest BCUT2D eigenvalue weighted by atomic mass is 9.70. The van der Waals surface area contributed by atoms with Crippen LogP contribution in [-0.2, 0) is 9.59 Å². The van der Waals surface area contributed by atoms with Gasteiger partial charge in [0.2, 0.25) is 0 Å². The molecule has 2 nitrogen and oxygen atoms in total. The molecule has 3 aliphatic carbocycles. The molecule has 0 aromatic rings. The fourth-order valence-corrected chi connectivity index (χ4v) is 4.43. The molecule has 0 unspecified atom stereocenters. The molecule has 2 heteroatoms. The summed E-state index contributed by atoms with van der Waals surface area (Å²) in [5.41, 5.74) is 0.119. The minimum Gasteiger partial charge on any atom is -0.299 e. The van der Waals surface area contributed by atoms with E-state index in [1.807, 2.05) is 0 Å². The first-order valence-electron chi connectivity index (χ1n) is 5.71. The van der Waals surface area contributed by atoms with E-state index in [1.165, 1.54) is 0 Å². The summed E-state index contributed by atoms with van der Waals surface area (Å²) < 4.78 is 0. The van der Waals surface area contributed by atoms with Gasteiger partial charge in [0, 0.05) is 24.7 Å². The average molecular weight is 192 g/mol. The monoisotopic (exact) mass is 192 g/mol. The number of carbonyl (C=O) groups excluding carboxylic acids is 2. The highest BCUT2D eigenvalue weighted by Crippen LogP contribution is 2.64. The van der Waals surface area contributed by atoms with Crippen molar-refractivity contribution in [3.63, 3.8) is 0 Å². The summed E-state index contributed by atoms with van der Waals surface area (Å²) in [7, 11) is 0. The zero-order valence-electron chi connectivity index (χ0n) is 8.58. The first kappa shape index (κ1) is 8.63. The molecule has 0 N–H and O–H groups in total. The normalized spacial score (nSPS) is 51.1. The fraction of sp³-hybridized carbons (Fsp3) is 0.833. The van der Waals surface area contributed by atoms with Crippen molar-refractivity contribution in [1.29, 1.82) is 0 Å². The van der Waals surface area contributed by atoms with Gasteiger partial charge in [0.25, 0.3) is 0 Å². The topological polar surface area (TPSA) is 34.1 Å². The molecule has 0 aliphatic heterocycles. The van der Waals surface area contributed by atoms with Crippen LogP contribution in [0.4, 0.5) is 0 Å². The SMILES string of the molecule is C[C@@H]1C(=O)C[C@H]2CC(=O)[C@@H]3CCC[C@@]213. The summed E-state index contributed by atoms with van der Waals surface area (Å²) in [6, 6.07) is 0. The van der Waals surface area contributed by atoms with Gasteiger partial charge < -0.3 is 0 Å². The smallest absolute Gasteiger partial charge is 0.136 e. The number of rotatable bonds is 0. The molecular formula is C12H16O2. The summed E-state index contributed by atoms with van der Waals surface area (Å²) >= 11 is 0. The van der Waals surface area contributed by atoms with Crippen LogP contribution in [0.1, 0.15) is 39.0 Å². The maximum absolute atomic E-state index is 11.8. The number of hydrogen-bond donors (Lipinski definition) is 0. The maximum atomic E-state index is 11.8. The van der Waals surface area contributed by atoms with E-state index in [1.54, 1.807) is 0 Å². The van der Waals surface area contributed by atoms with Crippen LogP contribution < -0.4 is 0 Å². The predicted octanol–water partition coefficient (Wildman–Crippen LogP) is 1.97. The Morgan fingerprint density at radius 2 is 1.93 bits per heavy atom. The minimum absolute atomic E-state index is 0.119. The molecule has 3 saturated carbocycles. The second-order valence-electron chi connectivity index (χ2n) is 5.32. The Kier molecular flexibility index (Phi) is 1.52. The lowest BCUT2D eigenvalue weighted by molar-refractivity contribution is -0.125. The molecule has 0 heterocycles. The second kappa shape index (κ2) is 2.47. The highest BCUT2D eigenvalue weighted by molar-refractivity contribution is 5.93. The first-order valence-corrected chi connectivity index (χ1v) is 5.71. The van der Waals surface area contributed by atoms with Gasteiger partial charge in [-0.2, -0.15) is 0 Å². The van der Waals surface area contributed by atoms with Crippen LogP contribution in [0.2, 0.25) is 0 Å². The lowest BCUT2D eigenvalue weighted by Gasteiger charge is -2.32. The molecule has 0 amide bonds. The molecule has 4 atom stereocenters. The molecule has 14 heavy (non-hydrogen) atoms. The van der Waals surface area contributed by atoms with Gasteiger partial charge >= 0.3 is 0 Å². The van der Waals surface area contributed by atoms with Crippen LogP contribution in [0.25, 0.3) is 0 Å². The minimum atomic E-state index is 0.119. The predicted molar refractivity (Wildman–Crippen MR) is 51.7 cm³/mol. The van der Waals surface area contributed by atoms with Crippen LogP contribution in [-0.4, -0.2) is 11.6 Å². The highest BCUT2D eigenvalue weighted by atomic mass is 16.1. The molecule has 0 saturated heterocycles. The van der Waals surface area contributed by atoms with Crippen LogP contribution in [0.15, 0.2) is 0 Å². The summed E-state index contributed by atoms with van der Waals surface area (Å²) in [5, 5.41) is 0. The van der Waals surface area contributed by atoms with Gasteiger partial charge in [-0.25, -0.2) is 0 Å². The molecule has 3 rings (SSSR count). The molecule has 3 aliphatic rings. The van der Waals surface area contributed by atoms with Crippen molar-refractivity contribution in [3.8, 4) is 0 Å². The van der Waals surface area contributed by atoms with Gasteiger partial charge in [0.15, 0.2) is 0 Å². The van der Waals surface area contributed by atoms with Crippen LogP contribution in [0.3, 0.4) is 0 Å². The van der Waals surface area contributed by atoms with E-state index in [9.17, 15) is 9.59 Å². The number of ketones is 2. The highest BCUT2D eigenvalue weighted by Gasteiger charge is 2.64. The van der Waals surface area contributed by atoms with Crippen molar-refractivity contribution in [1.82, 2.24) is 0 Å². The van der Waals surface area contributed by atoms with Crippen molar-refractivity contribution in [3.05, 3.63) is 0 Å². The second-order valence-corrected chi connectivity index (χ2v) is 5.32. The molecule has 76 valence electrons. The van der Waals surface area contributed by atoms with Gasteiger partial charge in [-0.3, -0.25) is 9.59 Å². The molecule has 0 radical (unpaired) electrons. The summed E-state index contributed by atoms with van der Waals surface area (Å²) in [4.78, 5) is 23.5. The van der Waals surface area contributed by atoms with Crippen molar-refractivity contribution < 1.29 is 9.59 Å². The summed E-state index contributed by atoms with van der Waals surface area (Å²) in [6.07, 6.45) is 4.71. The zero-order valence-corrected chi connectivity index (χ0v) is 8.58. The number of Topliss-reactive ketones (excluding diaryl/α,β-unsaturated/α-hetero) is 2. The summed E-state index contributed by atoms with van der Waals surface area (Å²) in [5.74, 6) is 1.67. The number of carbonyl (C=O) groups is 2. The third-order valence-corrected chi connectivity index (χ3v) is 5.08. The molecule has 0 aromatic carbocycles. The van der Waals surface area contributed by atoms with Crippen molar-refractivity contribution >= 4 is 11.6 Å². The van der Waals surface area contributed by atoms with Crippen molar-refractivity contribution in [2.45, 2.75) is 39.0 Å². The van der Waals surface area contributed by atoms with E-state index < -0.39 is 0 Å². The van der Waals surface area contributed by atoms with Crippen LogP contribution in [0.5, 0.6) is 0 Å². The van der Waals surface area contributed by atoms with Crippen molar-refractivity contribution in [2.24, 2.45) is 23.2 Å². The van der Waals surface area contributed by atoms with Gasteiger partial charge in [-0.05, 0) is 24.2 Å². The first-order chi connectivity index (χ1) is 6.66. The van der Waals surface area contributed by atoms with Crippen molar-refractivity contribution in [2.75, 3.05) is 0 Å².